The number of aromatic nitrogens is 1. The first-order valence-corrected chi connectivity index (χ1v) is 8.21. The van der Waals surface area contributed by atoms with Gasteiger partial charge in [-0.2, -0.15) is 0 Å². The van der Waals surface area contributed by atoms with Gasteiger partial charge in [-0.15, -0.1) is 0 Å². The monoisotopic (exact) mass is 356 g/mol. The Bertz CT molecular complexity index is 840. The maximum absolute atomic E-state index is 12.7. The van der Waals surface area contributed by atoms with E-state index in [1.165, 1.54) is 12.0 Å². The number of nitrogens with zero attached hydrogens (tertiary/aromatic N) is 2. The molecule has 0 fully saturated rings. The summed E-state index contributed by atoms with van der Waals surface area (Å²) in [5, 5.41) is 2.75. The fraction of sp³-hybridized carbons (Fsp3) is 0.278. The molecule has 0 saturated carbocycles. The maximum atomic E-state index is 12.7. The Labute approximate surface area is 150 Å². The molecule has 1 aromatic heterocycles. The number of hydrogen-bond donors (Lipinski definition) is 2. The van der Waals surface area contributed by atoms with Gasteiger partial charge in [-0.3, -0.25) is 14.5 Å². The lowest BCUT2D eigenvalue weighted by molar-refractivity contribution is -0.128. The van der Waals surface area contributed by atoms with Crippen LogP contribution in [0.2, 0.25) is 0 Å². The van der Waals surface area contributed by atoms with E-state index in [4.69, 9.17) is 15.2 Å². The highest BCUT2D eigenvalue weighted by atomic mass is 16.5. The first-order chi connectivity index (χ1) is 12.5. The van der Waals surface area contributed by atoms with Crippen LogP contribution in [0.1, 0.15) is 13.3 Å². The van der Waals surface area contributed by atoms with Crippen LogP contribution in [0.15, 0.2) is 36.4 Å². The zero-order chi connectivity index (χ0) is 18.7. The molecule has 8 heteroatoms. The van der Waals surface area contributed by atoms with Crippen LogP contribution in [0.3, 0.4) is 0 Å². The maximum Gasteiger partial charge on any atom is 0.269 e. The number of fused-ring (bicyclic) bond motifs is 1. The van der Waals surface area contributed by atoms with E-state index in [9.17, 15) is 9.59 Å². The molecule has 1 aliphatic rings. The molecular weight excluding hydrogens is 336 g/mol. The molecule has 1 unspecified atom stereocenters. The second-order valence-corrected chi connectivity index (χ2v) is 5.75. The van der Waals surface area contributed by atoms with Gasteiger partial charge < -0.3 is 20.5 Å². The lowest BCUT2D eigenvalue weighted by Gasteiger charge is -2.32. The number of ether oxygens (including phenoxy) is 2. The van der Waals surface area contributed by atoms with Gasteiger partial charge in [-0.05, 0) is 30.7 Å². The summed E-state index contributed by atoms with van der Waals surface area (Å²) in [5.74, 6) is 0.738. The predicted octanol–water partition coefficient (Wildman–Crippen LogP) is 1.82. The molecule has 0 aliphatic carbocycles. The summed E-state index contributed by atoms with van der Waals surface area (Å²) in [6.07, 6.45) is -0.181. The molecule has 136 valence electrons. The lowest BCUT2D eigenvalue weighted by Crippen LogP contribution is -2.49. The van der Waals surface area contributed by atoms with Crippen LogP contribution in [-0.4, -0.2) is 36.6 Å². The van der Waals surface area contributed by atoms with Crippen LogP contribution in [0.5, 0.6) is 11.5 Å². The number of anilines is 3. The molecule has 2 aromatic rings. The van der Waals surface area contributed by atoms with Gasteiger partial charge in [0, 0.05) is 0 Å². The topological polar surface area (TPSA) is 107 Å². The molecule has 2 heterocycles. The Balaban J connectivity index is 1.84. The minimum atomic E-state index is -0.660. The summed E-state index contributed by atoms with van der Waals surface area (Å²) >= 11 is 0. The minimum Gasteiger partial charge on any atom is -0.495 e. The quantitative estimate of drug-likeness (QED) is 0.846. The van der Waals surface area contributed by atoms with E-state index in [-0.39, 0.29) is 30.0 Å². The van der Waals surface area contributed by atoms with Crippen molar-refractivity contribution in [3.8, 4) is 11.5 Å². The molecule has 26 heavy (non-hydrogen) atoms. The van der Waals surface area contributed by atoms with Gasteiger partial charge in [-0.25, -0.2) is 4.98 Å². The number of nitrogen functional groups attached to an aromatic ring is 1. The fourth-order valence-electron chi connectivity index (χ4n) is 2.71. The second-order valence-electron chi connectivity index (χ2n) is 5.75. The van der Waals surface area contributed by atoms with Gasteiger partial charge in [0.2, 0.25) is 5.91 Å². The summed E-state index contributed by atoms with van der Waals surface area (Å²) in [7, 11) is 1.52. The second kappa shape index (κ2) is 7.30. The van der Waals surface area contributed by atoms with Gasteiger partial charge in [0.25, 0.3) is 5.91 Å². The third kappa shape index (κ3) is 3.39. The number of benzene rings is 1. The number of methoxy groups -OCH3 is 1. The van der Waals surface area contributed by atoms with Crippen molar-refractivity contribution in [2.45, 2.75) is 19.4 Å². The molecule has 0 bridgehead atoms. The van der Waals surface area contributed by atoms with Gasteiger partial charge in [0.1, 0.15) is 18.1 Å². The Kier molecular flexibility index (Phi) is 4.92. The number of rotatable bonds is 5. The Morgan fingerprint density at radius 3 is 2.85 bits per heavy atom. The van der Waals surface area contributed by atoms with Gasteiger partial charge in [0.05, 0.1) is 12.8 Å². The summed E-state index contributed by atoms with van der Waals surface area (Å²) in [4.78, 5) is 30.6. The summed E-state index contributed by atoms with van der Waals surface area (Å²) in [6.45, 7) is 1.63. The van der Waals surface area contributed by atoms with Crippen molar-refractivity contribution in [2.75, 3.05) is 29.6 Å². The van der Waals surface area contributed by atoms with Crippen molar-refractivity contribution in [3.63, 3.8) is 0 Å². The molecule has 1 aliphatic heterocycles. The SMILES string of the molecule is CCC1Oc2ccc(N)nc2N(CC(=O)Nc2ccccc2OC)C1=O. The van der Waals surface area contributed by atoms with Gasteiger partial charge >= 0.3 is 0 Å². The average molecular weight is 356 g/mol. The summed E-state index contributed by atoms with van der Waals surface area (Å²) in [6, 6.07) is 10.3. The third-order valence-electron chi connectivity index (χ3n) is 3.98. The molecule has 0 radical (unpaired) electrons. The number of para-hydroxylation sites is 2. The molecule has 3 rings (SSSR count). The number of carbonyl (C=O) groups excluding carboxylic acids is 2. The van der Waals surface area contributed by atoms with Crippen LogP contribution in [0.25, 0.3) is 0 Å². The van der Waals surface area contributed by atoms with Gasteiger partial charge in [-0.1, -0.05) is 19.1 Å². The zero-order valence-corrected chi connectivity index (χ0v) is 14.6. The zero-order valence-electron chi connectivity index (χ0n) is 14.6. The molecular formula is C18H20N4O4. The van der Waals surface area contributed by atoms with E-state index < -0.39 is 6.10 Å². The van der Waals surface area contributed by atoms with Crippen LogP contribution in [0.4, 0.5) is 17.3 Å². The number of nitrogens with one attached hydrogen (secondary N) is 1. The lowest BCUT2D eigenvalue weighted by atomic mass is 10.2. The fourth-order valence-corrected chi connectivity index (χ4v) is 2.71. The highest BCUT2D eigenvalue weighted by Crippen LogP contribution is 2.33. The first kappa shape index (κ1) is 17.5. The standard InChI is InChI=1S/C18H20N4O4/c1-3-12-18(24)22(17-14(26-12)8-9-15(19)21-17)10-16(23)20-11-6-4-5-7-13(11)25-2/h4-9,12H,3,10H2,1-2H3,(H2,19,21)(H,20,23). The molecule has 8 nitrogen and oxygen atoms in total. The average Bonchev–Trinajstić information content (AvgIpc) is 2.64. The first-order valence-electron chi connectivity index (χ1n) is 8.21. The van der Waals surface area contributed by atoms with Crippen molar-refractivity contribution in [3.05, 3.63) is 36.4 Å². The van der Waals surface area contributed by atoms with E-state index in [0.717, 1.165) is 0 Å². The van der Waals surface area contributed by atoms with E-state index in [1.54, 1.807) is 36.4 Å². The van der Waals surface area contributed by atoms with E-state index in [0.29, 0.717) is 23.6 Å². The molecule has 3 N–H and O–H groups in total. The Morgan fingerprint density at radius 2 is 2.12 bits per heavy atom. The third-order valence-corrected chi connectivity index (χ3v) is 3.98. The minimum absolute atomic E-state index is 0.208. The van der Waals surface area contributed by atoms with Crippen LogP contribution in [0, 0.1) is 0 Å². The van der Waals surface area contributed by atoms with Crippen molar-refractivity contribution in [2.24, 2.45) is 0 Å². The number of carbonyl (C=O) groups is 2. The summed E-state index contributed by atoms with van der Waals surface area (Å²) in [5.41, 5.74) is 6.25. The van der Waals surface area contributed by atoms with E-state index in [1.807, 2.05) is 6.92 Å². The van der Waals surface area contributed by atoms with Crippen molar-refractivity contribution in [1.29, 1.82) is 0 Å². The van der Waals surface area contributed by atoms with Crippen LogP contribution < -0.4 is 25.4 Å². The van der Waals surface area contributed by atoms with Crippen molar-refractivity contribution < 1.29 is 19.1 Å². The smallest absolute Gasteiger partial charge is 0.269 e. The molecule has 0 spiro atoms. The number of pyridine rings is 1. The van der Waals surface area contributed by atoms with E-state index in [2.05, 4.69) is 10.3 Å². The highest BCUT2D eigenvalue weighted by molar-refractivity contribution is 6.06. The Hall–Kier alpha value is -3.29. The Morgan fingerprint density at radius 1 is 1.35 bits per heavy atom. The predicted molar refractivity (Wildman–Crippen MR) is 97.3 cm³/mol. The normalized spacial score (nSPS) is 15.8. The van der Waals surface area contributed by atoms with Crippen molar-refractivity contribution in [1.82, 2.24) is 4.98 Å². The highest BCUT2D eigenvalue weighted by Gasteiger charge is 2.35. The number of hydrogen-bond acceptors (Lipinski definition) is 6. The van der Waals surface area contributed by atoms with E-state index >= 15 is 0 Å². The molecule has 1 aromatic carbocycles. The molecule has 0 saturated heterocycles. The van der Waals surface area contributed by atoms with Crippen LogP contribution in [-0.2, 0) is 9.59 Å². The largest absolute Gasteiger partial charge is 0.495 e. The van der Waals surface area contributed by atoms with Crippen LogP contribution >= 0.6 is 0 Å². The number of nitrogens with two attached hydrogens (primary N) is 1. The molecule has 2 amide bonds. The molecule has 1 atom stereocenters. The number of amides is 2. The van der Waals surface area contributed by atoms with Gasteiger partial charge in [0.15, 0.2) is 17.7 Å². The van der Waals surface area contributed by atoms with Crippen molar-refractivity contribution >= 4 is 29.1 Å². The summed E-state index contributed by atoms with van der Waals surface area (Å²) < 4.78 is 10.9.